The summed E-state index contributed by atoms with van der Waals surface area (Å²) >= 11 is 0. The van der Waals surface area contributed by atoms with Gasteiger partial charge in [-0.2, -0.15) is 0 Å². The molecule has 13 heavy (non-hydrogen) atoms. The van der Waals surface area contributed by atoms with E-state index in [2.05, 4.69) is 34.6 Å². The van der Waals surface area contributed by atoms with Gasteiger partial charge in [0.15, 0.2) is 0 Å². The minimum Gasteiger partial charge on any atom is -0.382 e. The van der Waals surface area contributed by atoms with Gasteiger partial charge >= 0.3 is 0 Å². The van der Waals surface area contributed by atoms with Gasteiger partial charge in [-0.15, -0.1) is 0 Å². The summed E-state index contributed by atoms with van der Waals surface area (Å²) in [6.45, 7) is 13.4. The number of hydrogen-bond donors (Lipinski definition) is 0. The van der Waals surface area contributed by atoms with Crippen LogP contribution in [0.3, 0.4) is 0 Å². The third-order valence-electron chi connectivity index (χ3n) is 2.44. The highest BCUT2D eigenvalue weighted by Crippen LogP contribution is 2.24. The molecule has 0 spiro atoms. The quantitative estimate of drug-likeness (QED) is 0.450. The Morgan fingerprint density at radius 1 is 1.08 bits per heavy atom. The first-order chi connectivity index (χ1) is 6.09. The first kappa shape index (κ1) is 13.2. The Hall–Kier alpha value is 0.177. The van der Waals surface area contributed by atoms with Gasteiger partial charge in [-0.3, -0.25) is 0 Å². The van der Waals surface area contributed by atoms with E-state index in [0.29, 0.717) is 0 Å². The van der Waals surface area contributed by atoms with E-state index in [0.717, 1.165) is 24.3 Å². The van der Waals surface area contributed by atoms with Crippen molar-refractivity contribution in [2.24, 2.45) is 0 Å². The SMILES string of the molecule is CCOCCC[Si](C(C)C)C(C)C. The lowest BCUT2D eigenvalue weighted by atomic mass is 10.5. The van der Waals surface area contributed by atoms with E-state index in [1.165, 1.54) is 12.5 Å². The molecule has 2 heteroatoms. The molecule has 0 fully saturated rings. The Kier molecular flexibility index (Phi) is 7.67. The van der Waals surface area contributed by atoms with Crippen LogP contribution in [0.15, 0.2) is 0 Å². The van der Waals surface area contributed by atoms with Crippen molar-refractivity contribution in [1.82, 2.24) is 0 Å². The molecule has 0 N–H and O–H groups in total. The fourth-order valence-corrected chi connectivity index (χ4v) is 4.81. The van der Waals surface area contributed by atoms with Gasteiger partial charge in [-0.05, 0) is 13.3 Å². The highest BCUT2D eigenvalue weighted by Gasteiger charge is 2.18. The van der Waals surface area contributed by atoms with E-state index in [4.69, 9.17) is 4.74 Å². The minimum atomic E-state index is -0.139. The topological polar surface area (TPSA) is 9.23 Å². The summed E-state index contributed by atoms with van der Waals surface area (Å²) in [7, 11) is -0.139. The van der Waals surface area contributed by atoms with Crippen molar-refractivity contribution in [3.8, 4) is 0 Å². The van der Waals surface area contributed by atoms with Gasteiger partial charge < -0.3 is 4.74 Å². The van der Waals surface area contributed by atoms with Crippen molar-refractivity contribution in [3.63, 3.8) is 0 Å². The Bertz CT molecular complexity index is 105. The van der Waals surface area contributed by atoms with Crippen molar-refractivity contribution < 1.29 is 4.74 Å². The molecule has 1 radical (unpaired) electrons. The van der Waals surface area contributed by atoms with Gasteiger partial charge in [0.2, 0.25) is 0 Å². The maximum Gasteiger partial charge on any atom is 0.0535 e. The Morgan fingerprint density at radius 2 is 1.62 bits per heavy atom. The molecule has 0 heterocycles. The van der Waals surface area contributed by atoms with Crippen LogP contribution in [0.4, 0.5) is 0 Å². The zero-order chi connectivity index (χ0) is 10.3. The molecule has 0 unspecified atom stereocenters. The fourth-order valence-electron chi connectivity index (χ4n) is 1.77. The molecule has 0 aromatic rings. The average Bonchev–Trinajstić information content (AvgIpc) is 2.02. The minimum absolute atomic E-state index is 0.139. The lowest BCUT2D eigenvalue weighted by molar-refractivity contribution is 0.148. The molecular weight excluding hydrogens is 176 g/mol. The summed E-state index contributed by atoms with van der Waals surface area (Å²) in [5.74, 6) is 0. The largest absolute Gasteiger partial charge is 0.382 e. The molecule has 1 nitrogen and oxygen atoms in total. The van der Waals surface area contributed by atoms with E-state index >= 15 is 0 Å². The Balaban J connectivity index is 3.58. The number of ether oxygens (including phenoxy) is 1. The van der Waals surface area contributed by atoms with Crippen LogP contribution in [0.2, 0.25) is 17.1 Å². The second kappa shape index (κ2) is 7.57. The van der Waals surface area contributed by atoms with Crippen molar-refractivity contribution in [1.29, 1.82) is 0 Å². The van der Waals surface area contributed by atoms with E-state index in [-0.39, 0.29) is 8.80 Å². The van der Waals surface area contributed by atoms with Gasteiger partial charge in [0.1, 0.15) is 0 Å². The van der Waals surface area contributed by atoms with Crippen LogP contribution in [-0.4, -0.2) is 22.0 Å². The first-order valence-electron chi connectivity index (χ1n) is 5.52. The molecule has 0 aromatic heterocycles. The van der Waals surface area contributed by atoms with E-state index in [1.54, 1.807) is 0 Å². The zero-order valence-electron chi connectivity index (χ0n) is 9.89. The summed E-state index contributed by atoms with van der Waals surface area (Å²) in [6, 6.07) is 1.42. The Morgan fingerprint density at radius 3 is 2.00 bits per heavy atom. The summed E-state index contributed by atoms with van der Waals surface area (Å²) in [4.78, 5) is 0. The van der Waals surface area contributed by atoms with Crippen LogP contribution < -0.4 is 0 Å². The predicted octanol–water partition coefficient (Wildman–Crippen LogP) is 3.73. The molecule has 0 aliphatic carbocycles. The summed E-state index contributed by atoms with van der Waals surface area (Å²) in [5.41, 5.74) is 1.82. The number of rotatable bonds is 7. The third-order valence-corrected chi connectivity index (χ3v) is 6.34. The second-order valence-corrected chi connectivity index (χ2v) is 8.14. The van der Waals surface area contributed by atoms with Gasteiger partial charge in [0, 0.05) is 13.2 Å². The molecule has 0 rings (SSSR count). The molecule has 0 amide bonds. The predicted molar refractivity (Wildman–Crippen MR) is 61.9 cm³/mol. The molecule has 0 aliphatic heterocycles. The standard InChI is InChI=1S/C11H25OSi/c1-6-12-8-7-9-13(10(2)3)11(4)5/h10-11H,6-9H2,1-5H3. The molecular formula is C11H25OSi. The van der Waals surface area contributed by atoms with Gasteiger partial charge in [0.25, 0.3) is 0 Å². The van der Waals surface area contributed by atoms with Crippen molar-refractivity contribution in [3.05, 3.63) is 0 Å². The zero-order valence-corrected chi connectivity index (χ0v) is 10.9. The summed E-state index contributed by atoms with van der Waals surface area (Å²) in [6.07, 6.45) is 1.26. The van der Waals surface area contributed by atoms with Crippen molar-refractivity contribution >= 4 is 8.80 Å². The van der Waals surface area contributed by atoms with Crippen LogP contribution in [0.1, 0.15) is 41.0 Å². The smallest absolute Gasteiger partial charge is 0.0535 e. The van der Waals surface area contributed by atoms with Crippen molar-refractivity contribution in [2.75, 3.05) is 13.2 Å². The third kappa shape index (κ3) is 6.27. The first-order valence-corrected chi connectivity index (χ1v) is 7.39. The average molecular weight is 201 g/mol. The molecule has 0 saturated carbocycles. The van der Waals surface area contributed by atoms with Crippen LogP contribution in [-0.2, 0) is 4.74 Å². The Labute approximate surface area is 85.5 Å². The normalized spacial score (nSPS) is 12.0. The van der Waals surface area contributed by atoms with Crippen LogP contribution in [0.5, 0.6) is 0 Å². The fraction of sp³-hybridized carbons (Fsp3) is 1.00. The second-order valence-electron chi connectivity index (χ2n) is 4.18. The molecule has 0 aromatic carbocycles. The van der Waals surface area contributed by atoms with Crippen LogP contribution >= 0.6 is 0 Å². The highest BCUT2D eigenvalue weighted by molar-refractivity contribution is 6.61. The lowest BCUT2D eigenvalue weighted by Gasteiger charge is -2.22. The van der Waals surface area contributed by atoms with Gasteiger partial charge in [-0.25, -0.2) is 0 Å². The van der Waals surface area contributed by atoms with Crippen LogP contribution in [0.25, 0.3) is 0 Å². The maximum atomic E-state index is 5.36. The van der Waals surface area contributed by atoms with E-state index in [9.17, 15) is 0 Å². The molecule has 79 valence electrons. The maximum absolute atomic E-state index is 5.36. The highest BCUT2D eigenvalue weighted by atomic mass is 28.3. The van der Waals surface area contributed by atoms with Crippen LogP contribution in [0, 0.1) is 0 Å². The lowest BCUT2D eigenvalue weighted by Crippen LogP contribution is -2.21. The summed E-state index contributed by atoms with van der Waals surface area (Å²) in [5, 5.41) is 0. The summed E-state index contributed by atoms with van der Waals surface area (Å²) < 4.78 is 5.36. The molecule has 0 atom stereocenters. The molecule has 0 aliphatic rings. The van der Waals surface area contributed by atoms with Gasteiger partial charge in [-0.1, -0.05) is 44.8 Å². The van der Waals surface area contributed by atoms with Crippen molar-refractivity contribution in [2.45, 2.75) is 58.2 Å². The van der Waals surface area contributed by atoms with Gasteiger partial charge in [0.05, 0.1) is 8.80 Å². The monoisotopic (exact) mass is 201 g/mol. The molecule has 0 saturated heterocycles. The van der Waals surface area contributed by atoms with E-state index in [1.807, 2.05) is 0 Å². The molecule has 0 bridgehead atoms. The number of hydrogen-bond acceptors (Lipinski definition) is 1. The van der Waals surface area contributed by atoms with E-state index < -0.39 is 0 Å².